The molecule has 0 nitrogen and oxygen atoms in total. The molecule has 0 bridgehead atoms. The zero-order chi connectivity index (χ0) is 16.8. The number of rotatable bonds is 4. The summed E-state index contributed by atoms with van der Waals surface area (Å²) in [5.41, 5.74) is 6.09. The van der Waals surface area contributed by atoms with Crippen molar-refractivity contribution in [2.75, 3.05) is 0 Å². The molecule has 4 heteroatoms. The number of fused-ring (bicyclic) bond motifs is 2. The zero-order valence-electron chi connectivity index (χ0n) is 15.5. The molecule has 2 aromatic rings. The molecule has 0 aliphatic heterocycles. The fourth-order valence-electron chi connectivity index (χ4n) is 5.18. The van der Waals surface area contributed by atoms with Gasteiger partial charge in [0.15, 0.2) is 0 Å². The van der Waals surface area contributed by atoms with Gasteiger partial charge < -0.3 is 0 Å². The van der Waals surface area contributed by atoms with Gasteiger partial charge in [-0.05, 0) is 0 Å². The van der Waals surface area contributed by atoms with Crippen molar-refractivity contribution in [2.24, 2.45) is 0 Å². The Morgan fingerprint density at radius 2 is 1.12 bits per heavy atom. The quantitative estimate of drug-likeness (QED) is 0.438. The minimum atomic E-state index is -3.14. The van der Waals surface area contributed by atoms with Crippen LogP contribution in [0.25, 0.3) is 12.2 Å². The zero-order valence-corrected chi connectivity index (χ0v) is 21.0. The minimum absolute atomic E-state index is 0. The van der Waals surface area contributed by atoms with E-state index in [4.69, 9.17) is 0 Å². The van der Waals surface area contributed by atoms with Crippen LogP contribution >= 0.6 is 24.8 Å². The van der Waals surface area contributed by atoms with Crippen molar-refractivity contribution in [2.45, 2.75) is 29.4 Å². The summed E-state index contributed by atoms with van der Waals surface area (Å²) < 4.78 is 4.11. The van der Waals surface area contributed by atoms with Crippen molar-refractivity contribution in [3.8, 4) is 0 Å². The third-order valence-corrected chi connectivity index (χ3v) is 37.9. The van der Waals surface area contributed by atoms with E-state index in [1.165, 1.54) is 19.4 Å². The summed E-state index contributed by atoms with van der Waals surface area (Å²) in [6.45, 7) is 7.43. The molecule has 0 spiro atoms. The Kier molecular flexibility index (Phi) is 6.67. The van der Waals surface area contributed by atoms with E-state index in [1.807, 2.05) is 0 Å². The Hall–Kier alpha value is -0.400. The van der Waals surface area contributed by atoms with Gasteiger partial charge in [0.2, 0.25) is 0 Å². The number of hydrogen-bond acceptors (Lipinski definition) is 0. The van der Waals surface area contributed by atoms with Crippen molar-refractivity contribution >= 4 is 43.8 Å². The van der Waals surface area contributed by atoms with E-state index in [2.05, 4.69) is 93.6 Å². The van der Waals surface area contributed by atoms with Crippen LogP contribution in [0.3, 0.4) is 0 Å². The number of hydrogen-bond donors (Lipinski definition) is 0. The minimum Gasteiger partial charge on any atom is -0.147 e. The van der Waals surface area contributed by atoms with E-state index in [0.717, 1.165) is 0 Å². The third kappa shape index (κ3) is 2.98. The summed E-state index contributed by atoms with van der Waals surface area (Å²) in [5.74, 6) is 0. The molecule has 2 atom stereocenters. The molecule has 0 amide bonds. The number of benzene rings is 2. The first-order valence-corrected chi connectivity index (χ1v) is 21.4. The molecular formula is C22H28Cl2SiZr. The topological polar surface area (TPSA) is 0 Å². The molecule has 0 radical (unpaired) electrons. The summed E-state index contributed by atoms with van der Waals surface area (Å²) in [5, 5.41) is 0. The van der Waals surface area contributed by atoms with Crippen LogP contribution in [0.4, 0.5) is 0 Å². The molecule has 0 N–H and O–H groups in total. The average Bonchev–Trinajstić information content (AvgIpc) is 3.26. The van der Waals surface area contributed by atoms with Crippen molar-refractivity contribution in [3.63, 3.8) is 0 Å². The Bertz CT molecular complexity index is 854. The Labute approximate surface area is 172 Å². The molecule has 0 heterocycles. The molecule has 0 fully saturated rings. The van der Waals surface area contributed by atoms with Crippen molar-refractivity contribution in [1.29, 1.82) is 0 Å². The van der Waals surface area contributed by atoms with Crippen LogP contribution in [0.5, 0.6) is 0 Å². The van der Waals surface area contributed by atoms with E-state index in [1.54, 1.807) is 11.1 Å². The van der Waals surface area contributed by atoms with Crippen LogP contribution in [0.2, 0.25) is 8.26 Å². The van der Waals surface area contributed by atoms with Crippen molar-refractivity contribution in [1.82, 2.24) is 0 Å². The Morgan fingerprint density at radius 3 is 1.50 bits per heavy atom. The smallest absolute Gasteiger partial charge is 0.147 e. The average molecular weight is 483 g/mol. The maximum Gasteiger partial charge on any atom is -0.147 e. The van der Waals surface area contributed by atoms with Crippen LogP contribution in [0.15, 0.2) is 60.7 Å². The third-order valence-electron chi connectivity index (χ3n) is 7.09. The van der Waals surface area contributed by atoms with E-state index in [-0.39, 0.29) is 24.8 Å². The van der Waals surface area contributed by atoms with Gasteiger partial charge in [0, 0.05) is 0 Å². The normalized spacial score (nSPS) is 20.1. The van der Waals surface area contributed by atoms with Gasteiger partial charge in [-0.3, -0.25) is 0 Å². The molecule has 2 aromatic carbocycles. The maximum atomic E-state index is 2.56. The first kappa shape index (κ1) is 21.9. The second-order valence-electron chi connectivity index (χ2n) is 7.78. The summed E-state index contributed by atoms with van der Waals surface area (Å²) in [7, 11) is 0. The molecule has 0 saturated carbocycles. The van der Waals surface area contributed by atoms with E-state index >= 15 is 0 Å². The fourth-order valence-corrected chi connectivity index (χ4v) is 24.3. The van der Waals surface area contributed by atoms with Crippen LogP contribution in [-0.2, 0) is 17.4 Å². The van der Waals surface area contributed by atoms with Gasteiger partial charge in [-0.15, -0.1) is 24.8 Å². The number of halogens is 2. The van der Waals surface area contributed by atoms with Crippen LogP contribution in [0.1, 0.15) is 43.4 Å². The molecule has 0 saturated heterocycles. The first-order valence-electron chi connectivity index (χ1n) is 9.19. The molecule has 2 unspecified atom stereocenters. The summed E-state index contributed by atoms with van der Waals surface area (Å²) >= 11 is -3.14. The fraction of sp³-hybridized carbons (Fsp3) is 0.273. The van der Waals surface area contributed by atoms with Gasteiger partial charge >= 0.3 is 149 Å². The van der Waals surface area contributed by atoms with Gasteiger partial charge in [0.05, 0.1) is 0 Å². The second-order valence-corrected chi connectivity index (χ2v) is 35.6. The van der Waals surface area contributed by atoms with Gasteiger partial charge in [-0.25, -0.2) is 0 Å². The Morgan fingerprint density at radius 1 is 0.731 bits per heavy atom. The molecule has 2 aliphatic rings. The monoisotopic (exact) mass is 480 g/mol. The predicted molar refractivity (Wildman–Crippen MR) is 120 cm³/mol. The van der Waals surface area contributed by atoms with Crippen LogP contribution in [0, 0.1) is 0 Å². The molecule has 4 rings (SSSR count). The van der Waals surface area contributed by atoms with Gasteiger partial charge in [0.1, 0.15) is 0 Å². The second kappa shape index (κ2) is 7.92. The predicted octanol–water partition coefficient (Wildman–Crippen LogP) is 6.48. The van der Waals surface area contributed by atoms with Crippen LogP contribution < -0.4 is 0 Å². The summed E-state index contributed by atoms with van der Waals surface area (Å²) in [6, 6.07) is 18.2. The van der Waals surface area contributed by atoms with E-state index in [9.17, 15) is 0 Å². The van der Waals surface area contributed by atoms with Gasteiger partial charge in [-0.1, -0.05) is 0 Å². The summed E-state index contributed by atoms with van der Waals surface area (Å²) in [4.78, 5) is 0. The number of allylic oxidation sites excluding steroid dienone is 2. The van der Waals surface area contributed by atoms with Gasteiger partial charge in [-0.2, -0.15) is 0 Å². The molecular weight excluding hydrogens is 454 g/mol. The SMILES string of the molecule is C[CH2][Zr](=[SiH2])([CH2]C)([CH]1C=Cc2ccccc21)[CH]1C=Cc2ccccc21.Cl.Cl. The van der Waals surface area contributed by atoms with Crippen LogP contribution in [-0.4, -0.2) is 6.88 Å². The summed E-state index contributed by atoms with van der Waals surface area (Å²) in [6.07, 6.45) is 9.89. The largest absolute Gasteiger partial charge is 0.147 e. The van der Waals surface area contributed by atoms with Gasteiger partial charge in [0.25, 0.3) is 0 Å². The Balaban J connectivity index is 0.00000121. The van der Waals surface area contributed by atoms with Crippen molar-refractivity contribution < 1.29 is 17.4 Å². The first-order chi connectivity index (χ1) is 11.6. The standard InChI is InChI=1S/2C9H7.2C2H5.2ClH.H2Si.Zr/c2*1-2-5-9-7-3-6-8(9)4-1;2*1-2;;;;/h2*1-7H;2*1H2,2H3;2*1H;1H2;. The van der Waals surface area contributed by atoms with E-state index in [0.29, 0.717) is 7.25 Å². The molecule has 138 valence electrons. The van der Waals surface area contributed by atoms with Crippen molar-refractivity contribution in [3.05, 3.63) is 82.9 Å². The van der Waals surface area contributed by atoms with E-state index < -0.39 is 17.4 Å². The maximum absolute atomic E-state index is 3.14. The molecule has 2 aliphatic carbocycles. The molecule has 0 aromatic heterocycles. The molecule has 26 heavy (non-hydrogen) atoms.